The van der Waals surface area contributed by atoms with Gasteiger partial charge in [0.25, 0.3) is 5.56 Å². The molecule has 0 radical (unpaired) electrons. The number of carbonyl (C=O) groups excluding carboxylic acids is 1. The number of fused-ring (bicyclic) bond motifs is 3. The van der Waals surface area contributed by atoms with Crippen LogP contribution in [0.3, 0.4) is 0 Å². The average Bonchev–Trinajstić information content (AvgIpc) is 3.44. The normalized spacial score (nSPS) is 14.5. The molecule has 0 aromatic carbocycles. The Morgan fingerprint density at radius 3 is 2.69 bits per heavy atom. The molecule has 1 aliphatic heterocycles. The average molecular weight is 620 g/mol. The van der Waals surface area contributed by atoms with E-state index in [0.29, 0.717) is 42.1 Å². The van der Waals surface area contributed by atoms with Gasteiger partial charge in [-0.15, -0.1) is 11.3 Å². The minimum Gasteiger partial charge on any atom is -0.485 e. The van der Waals surface area contributed by atoms with Gasteiger partial charge in [0.15, 0.2) is 11.6 Å². The first kappa shape index (κ1) is 27.1. The number of thiazole rings is 1. The highest BCUT2D eigenvalue weighted by atomic mass is 35.5. The summed E-state index contributed by atoms with van der Waals surface area (Å²) in [6.07, 6.45) is 4.90. The van der Waals surface area contributed by atoms with Gasteiger partial charge in [0.2, 0.25) is 5.91 Å². The van der Waals surface area contributed by atoms with Gasteiger partial charge in [0.1, 0.15) is 45.2 Å². The highest BCUT2D eigenvalue weighted by Gasteiger charge is 2.29. The van der Waals surface area contributed by atoms with Gasteiger partial charge < -0.3 is 10.1 Å². The minimum absolute atomic E-state index is 0.0599. The molecule has 0 atom stereocenters. The molecule has 0 saturated heterocycles. The van der Waals surface area contributed by atoms with Crippen LogP contribution in [0.15, 0.2) is 34.7 Å². The Hall–Kier alpha value is -3.77. The number of amides is 1. The van der Waals surface area contributed by atoms with E-state index >= 15 is 4.39 Å². The lowest BCUT2D eigenvalue weighted by Crippen LogP contribution is -2.39. The van der Waals surface area contributed by atoms with Crippen LogP contribution >= 0.6 is 22.9 Å². The van der Waals surface area contributed by atoms with Gasteiger partial charge in [-0.05, 0) is 45.1 Å². The maximum atomic E-state index is 16.5. The summed E-state index contributed by atoms with van der Waals surface area (Å²) >= 11 is 7.63. The number of aryl methyl sites for hydroxylation is 2. The number of nitrogens with zero attached hydrogens (tertiary/aromatic N) is 4. The summed E-state index contributed by atoms with van der Waals surface area (Å²) in [5.41, 5.74) is -1.75. The number of halogens is 4. The Labute approximate surface area is 251 Å². The molecular formula is C29H27ClF3N5O3S. The van der Waals surface area contributed by atoms with E-state index in [-0.39, 0.29) is 35.1 Å². The van der Waals surface area contributed by atoms with E-state index in [4.69, 9.17) is 19.1 Å². The second-order valence-electron chi connectivity index (χ2n) is 10.3. The summed E-state index contributed by atoms with van der Waals surface area (Å²) in [6.45, 7) is 1.99. The number of hydrogen-bond acceptors (Lipinski definition) is 7. The van der Waals surface area contributed by atoms with Crippen LogP contribution < -0.4 is 15.6 Å². The number of ether oxygens (including phenoxy) is 1. The fourth-order valence-electron chi connectivity index (χ4n) is 4.79. The second kappa shape index (κ2) is 11.8. The number of hydrogen-bond donors (Lipinski definition) is 1. The van der Waals surface area contributed by atoms with E-state index in [1.807, 2.05) is 0 Å². The molecule has 220 valence electrons. The van der Waals surface area contributed by atoms with Crippen molar-refractivity contribution in [3.63, 3.8) is 0 Å². The van der Waals surface area contributed by atoms with Crippen molar-refractivity contribution in [3.8, 4) is 22.8 Å². The second-order valence-corrected chi connectivity index (χ2v) is 11.6. The van der Waals surface area contributed by atoms with E-state index in [2.05, 4.69) is 20.3 Å². The first-order valence-electron chi connectivity index (χ1n) is 14.1. The number of nitrogens with one attached hydrogen (secondary N) is 1. The molecule has 0 unspecified atom stereocenters. The molecule has 42 heavy (non-hydrogen) atoms. The molecule has 1 amide bonds. The molecule has 0 fully saturated rings. The van der Waals surface area contributed by atoms with Crippen LogP contribution in [0.4, 0.5) is 13.2 Å². The van der Waals surface area contributed by atoms with E-state index < -0.39 is 51.6 Å². The van der Waals surface area contributed by atoms with Gasteiger partial charge in [-0.25, -0.2) is 18.2 Å². The number of carbonyl (C=O) groups is 1. The van der Waals surface area contributed by atoms with Gasteiger partial charge in [0.05, 0.1) is 20.2 Å². The molecule has 5 rings (SSSR count). The van der Waals surface area contributed by atoms with Crippen LogP contribution in [0.25, 0.3) is 17.1 Å². The van der Waals surface area contributed by atoms with Crippen LogP contribution in [0, 0.1) is 17.5 Å². The van der Waals surface area contributed by atoms with Gasteiger partial charge in [-0.1, -0.05) is 18.0 Å². The highest BCUT2D eigenvalue weighted by molar-refractivity contribution is 7.10. The third-order valence-corrected chi connectivity index (χ3v) is 8.21. The highest BCUT2D eigenvalue weighted by Crippen LogP contribution is 2.34. The van der Waals surface area contributed by atoms with Crippen molar-refractivity contribution in [2.24, 2.45) is 0 Å². The van der Waals surface area contributed by atoms with Gasteiger partial charge in [0, 0.05) is 36.3 Å². The Kier molecular flexibility index (Phi) is 7.64. The fourth-order valence-corrected chi connectivity index (χ4v) is 5.85. The molecule has 4 aromatic rings. The summed E-state index contributed by atoms with van der Waals surface area (Å²) < 4.78 is 67.3. The van der Waals surface area contributed by atoms with Crippen LogP contribution in [-0.4, -0.2) is 25.4 Å². The maximum Gasteiger partial charge on any atom is 0.278 e. The Morgan fingerprint density at radius 1 is 1.19 bits per heavy atom. The predicted octanol–water partition coefficient (Wildman–Crippen LogP) is 6.04. The van der Waals surface area contributed by atoms with E-state index in [1.165, 1.54) is 30.5 Å². The lowest BCUT2D eigenvalue weighted by molar-refractivity contribution is -0.120. The zero-order valence-electron chi connectivity index (χ0n) is 24.9. The molecule has 5 heterocycles. The van der Waals surface area contributed by atoms with E-state index in [1.54, 1.807) is 19.2 Å². The fraction of sp³-hybridized carbons (Fsp3) is 0.345. The summed E-state index contributed by atoms with van der Waals surface area (Å²) in [5, 5.41) is 4.37. The molecular weight excluding hydrogens is 591 g/mol. The summed E-state index contributed by atoms with van der Waals surface area (Å²) in [7, 11) is 0. The van der Waals surface area contributed by atoms with Crippen LogP contribution in [0.2, 0.25) is 5.02 Å². The molecule has 0 bridgehead atoms. The van der Waals surface area contributed by atoms with Crippen molar-refractivity contribution in [1.82, 2.24) is 24.8 Å². The lowest BCUT2D eigenvalue weighted by Gasteiger charge is -2.22. The predicted molar refractivity (Wildman–Crippen MR) is 152 cm³/mol. The van der Waals surface area contributed by atoms with Crippen LogP contribution in [0.5, 0.6) is 5.75 Å². The molecule has 4 aromatic heterocycles. The van der Waals surface area contributed by atoms with Crippen molar-refractivity contribution >= 4 is 28.8 Å². The summed E-state index contributed by atoms with van der Waals surface area (Å²) in [4.78, 5) is 37.8. The Balaban J connectivity index is 1.63. The third-order valence-electron chi connectivity index (χ3n) is 6.70. The SMILES string of the molecule is [2H]C([2H])(Oc1cc2n(c(=O)c1Cl)-c1c(cnc(-c3csc(C(C)(C)NC(C)=O)n3)c1F)CCCCC2)c1ncc(F)cc1F. The van der Waals surface area contributed by atoms with Gasteiger partial charge in [-0.2, -0.15) is 0 Å². The molecule has 0 aliphatic carbocycles. The quantitative estimate of drug-likeness (QED) is 0.283. The maximum absolute atomic E-state index is 16.5. The molecule has 0 saturated carbocycles. The van der Waals surface area contributed by atoms with Crippen LogP contribution in [-0.2, 0) is 29.7 Å². The molecule has 1 N–H and O–H groups in total. The summed E-state index contributed by atoms with van der Waals surface area (Å²) in [6, 6.07) is 1.77. The smallest absolute Gasteiger partial charge is 0.278 e. The molecule has 0 spiro atoms. The Morgan fingerprint density at radius 2 is 1.95 bits per heavy atom. The molecule has 1 aliphatic rings. The van der Waals surface area contributed by atoms with Crippen molar-refractivity contribution in [3.05, 3.63) is 84.7 Å². The van der Waals surface area contributed by atoms with Crippen molar-refractivity contribution < 1.29 is 25.4 Å². The lowest BCUT2D eigenvalue weighted by atomic mass is 10.1. The van der Waals surface area contributed by atoms with E-state index in [0.717, 1.165) is 11.0 Å². The Bertz CT molecular complexity index is 1830. The first-order chi connectivity index (χ1) is 20.7. The number of pyridine rings is 3. The monoisotopic (exact) mass is 619 g/mol. The molecule has 8 nitrogen and oxygen atoms in total. The minimum atomic E-state index is -2.93. The number of rotatable bonds is 6. The van der Waals surface area contributed by atoms with Crippen LogP contribution in [0.1, 0.15) is 64.7 Å². The topological polar surface area (TPSA) is 99.0 Å². The van der Waals surface area contributed by atoms with Gasteiger partial charge in [-0.3, -0.25) is 24.1 Å². The van der Waals surface area contributed by atoms with Gasteiger partial charge >= 0.3 is 0 Å². The first-order valence-corrected chi connectivity index (χ1v) is 14.3. The number of aromatic nitrogens is 4. The third kappa shape index (κ3) is 5.91. The standard InChI is InChI=1S/C29H27ClF3N5O3S/c1-15(39)37-29(2,3)28-36-21(14-42-28)25-24(33)26-16(11-35-25)7-5-4-6-8-18-10-22(23(30)27(40)38(18)26)41-13-20-19(32)9-17(31)12-34-20/h9-12,14H,4-8,13H2,1-3H3,(H,37,39)/i13D2. The zero-order chi connectivity index (χ0) is 32.0. The van der Waals surface area contributed by atoms with Crippen molar-refractivity contribution in [2.75, 3.05) is 0 Å². The largest absolute Gasteiger partial charge is 0.485 e. The van der Waals surface area contributed by atoms with E-state index in [9.17, 15) is 18.4 Å². The van der Waals surface area contributed by atoms with Crippen molar-refractivity contribution in [1.29, 1.82) is 0 Å². The zero-order valence-corrected chi connectivity index (χ0v) is 24.4. The summed E-state index contributed by atoms with van der Waals surface area (Å²) in [5.74, 6) is -3.75. The molecule has 13 heteroatoms. The van der Waals surface area contributed by atoms with Crippen molar-refractivity contribution in [2.45, 2.75) is 65.0 Å².